The van der Waals surface area contributed by atoms with Crippen molar-refractivity contribution >= 4 is 39.8 Å². The van der Waals surface area contributed by atoms with Crippen LogP contribution in [0.2, 0.25) is 0 Å². The molecule has 0 amide bonds. The lowest BCUT2D eigenvalue weighted by Gasteiger charge is -2.19. The molecule has 2 heterocycles. The van der Waals surface area contributed by atoms with E-state index in [4.69, 9.17) is 9.47 Å². The molecule has 2 aromatic heterocycles. The lowest BCUT2D eigenvalue weighted by molar-refractivity contribution is 0.00682. The summed E-state index contributed by atoms with van der Waals surface area (Å²) in [4.78, 5) is 20.9. The molecule has 0 aliphatic heterocycles. The summed E-state index contributed by atoms with van der Waals surface area (Å²) in [6.45, 7) is 5.88. The fourth-order valence-electron chi connectivity index (χ4n) is 3.60. The Hall–Kier alpha value is -3.44. The predicted octanol–water partition coefficient (Wildman–Crippen LogP) is 5.99. The molecule has 0 bridgehead atoms. The van der Waals surface area contributed by atoms with E-state index in [1.165, 1.54) is 0 Å². The quantitative estimate of drug-likeness (QED) is 0.408. The van der Waals surface area contributed by atoms with E-state index in [0.717, 1.165) is 32.9 Å². The average Bonchev–Trinajstić information content (AvgIpc) is 3.10. The topological polar surface area (TPSA) is 64.2 Å². The van der Waals surface area contributed by atoms with Crippen molar-refractivity contribution in [3.8, 4) is 0 Å². The van der Waals surface area contributed by atoms with Crippen molar-refractivity contribution in [3.63, 3.8) is 0 Å². The minimum absolute atomic E-state index is 0.288. The Morgan fingerprint density at radius 1 is 1.06 bits per heavy atom. The Morgan fingerprint density at radius 3 is 2.55 bits per heavy atom. The van der Waals surface area contributed by atoms with Gasteiger partial charge in [-0.25, -0.2) is 4.79 Å². The number of aromatic nitrogens is 2. The summed E-state index contributed by atoms with van der Waals surface area (Å²) in [5, 5.41) is 2.80. The zero-order valence-corrected chi connectivity index (χ0v) is 18.2. The number of nitrogens with one attached hydrogen (secondary N) is 1. The van der Waals surface area contributed by atoms with E-state index in [0.29, 0.717) is 11.3 Å². The number of carbonyl (C=O) groups is 1. The number of ether oxygens (including phenoxy) is 2. The zero-order valence-electron chi connectivity index (χ0n) is 18.2. The molecule has 0 spiro atoms. The number of rotatable bonds is 5. The number of fused-ring (bicyclic) bond motifs is 3. The van der Waals surface area contributed by atoms with Crippen LogP contribution in [0.25, 0.3) is 33.8 Å². The van der Waals surface area contributed by atoms with Crippen LogP contribution in [0.3, 0.4) is 0 Å². The number of hydrogen-bond donors (Lipinski definition) is 1. The van der Waals surface area contributed by atoms with Crippen molar-refractivity contribution in [2.75, 3.05) is 7.11 Å². The maximum Gasteiger partial charge on any atom is 0.341 e. The third-order valence-electron chi connectivity index (χ3n) is 4.91. The van der Waals surface area contributed by atoms with Crippen LogP contribution in [0.5, 0.6) is 0 Å². The van der Waals surface area contributed by atoms with Crippen LogP contribution in [0.15, 0.2) is 54.7 Å². The number of H-pyrrole nitrogens is 1. The Bertz CT molecular complexity index is 1260. The van der Waals surface area contributed by atoms with Gasteiger partial charge < -0.3 is 14.5 Å². The second-order valence-corrected chi connectivity index (χ2v) is 8.48. The van der Waals surface area contributed by atoms with Gasteiger partial charge >= 0.3 is 5.97 Å². The van der Waals surface area contributed by atoms with Gasteiger partial charge in [0.25, 0.3) is 0 Å². The molecule has 0 unspecified atom stereocenters. The normalized spacial score (nSPS) is 12.1. The van der Waals surface area contributed by atoms with Gasteiger partial charge in [0.2, 0.25) is 0 Å². The minimum Gasteiger partial charge on any atom is -0.456 e. The molecule has 2 aromatic carbocycles. The molecule has 31 heavy (non-hydrogen) atoms. The average molecular weight is 415 g/mol. The fraction of sp³-hybridized carbons (Fsp3) is 0.231. The van der Waals surface area contributed by atoms with Crippen LogP contribution in [0.4, 0.5) is 0 Å². The van der Waals surface area contributed by atoms with Gasteiger partial charge in [0.05, 0.1) is 29.1 Å². The number of esters is 1. The summed E-state index contributed by atoms with van der Waals surface area (Å²) >= 11 is 0. The second kappa shape index (κ2) is 8.36. The molecule has 4 aromatic rings. The summed E-state index contributed by atoms with van der Waals surface area (Å²) in [5.41, 5.74) is 3.47. The summed E-state index contributed by atoms with van der Waals surface area (Å²) < 4.78 is 11.0. The third kappa shape index (κ3) is 4.52. The monoisotopic (exact) mass is 414 g/mol. The molecular weight excluding hydrogens is 388 g/mol. The highest BCUT2D eigenvalue weighted by molar-refractivity contribution is 6.14. The molecular formula is C26H26N2O3. The van der Waals surface area contributed by atoms with Gasteiger partial charge in [0.1, 0.15) is 5.60 Å². The predicted molar refractivity (Wildman–Crippen MR) is 125 cm³/mol. The van der Waals surface area contributed by atoms with Gasteiger partial charge in [-0.3, -0.25) is 4.98 Å². The van der Waals surface area contributed by atoms with E-state index in [9.17, 15) is 4.79 Å². The summed E-state index contributed by atoms with van der Waals surface area (Å²) in [5.74, 6) is -0.358. The Labute approximate surface area is 181 Å². The van der Waals surface area contributed by atoms with Gasteiger partial charge in [-0.2, -0.15) is 0 Å². The van der Waals surface area contributed by atoms with Crippen LogP contribution < -0.4 is 0 Å². The van der Waals surface area contributed by atoms with Crippen molar-refractivity contribution < 1.29 is 14.3 Å². The number of aromatic amines is 1. The van der Waals surface area contributed by atoms with Crippen LogP contribution in [-0.4, -0.2) is 28.6 Å². The van der Waals surface area contributed by atoms with Gasteiger partial charge in [0, 0.05) is 29.5 Å². The highest BCUT2D eigenvalue weighted by atomic mass is 16.6. The molecule has 0 saturated carbocycles. The van der Waals surface area contributed by atoms with Gasteiger partial charge in [-0.1, -0.05) is 48.5 Å². The maximum absolute atomic E-state index is 13.0. The largest absolute Gasteiger partial charge is 0.456 e. The van der Waals surface area contributed by atoms with E-state index in [-0.39, 0.29) is 12.6 Å². The first-order chi connectivity index (χ1) is 14.9. The molecule has 4 rings (SSSR count). The molecule has 158 valence electrons. The highest BCUT2D eigenvalue weighted by Crippen LogP contribution is 2.31. The lowest BCUT2D eigenvalue weighted by atomic mass is 10.0. The second-order valence-electron chi connectivity index (χ2n) is 8.48. The SMILES string of the molecule is COCc1[nH]c2c(ccc3cnc(/C=C/c4ccccc4)cc32)c1C(=O)OC(C)(C)C. The summed E-state index contributed by atoms with van der Waals surface area (Å²) in [6, 6.07) is 16.0. The van der Waals surface area contributed by atoms with Crippen molar-refractivity contribution in [2.45, 2.75) is 33.0 Å². The van der Waals surface area contributed by atoms with Crippen LogP contribution >= 0.6 is 0 Å². The molecule has 0 atom stereocenters. The molecule has 0 saturated heterocycles. The van der Waals surface area contributed by atoms with Crippen molar-refractivity contribution in [1.29, 1.82) is 0 Å². The smallest absolute Gasteiger partial charge is 0.341 e. The summed E-state index contributed by atoms with van der Waals surface area (Å²) in [7, 11) is 1.61. The number of benzene rings is 2. The molecule has 0 radical (unpaired) electrons. The summed E-state index contributed by atoms with van der Waals surface area (Å²) in [6.07, 6.45) is 5.87. The first kappa shape index (κ1) is 20.8. The minimum atomic E-state index is -0.582. The number of pyridine rings is 1. The van der Waals surface area contributed by atoms with Gasteiger partial charge in [-0.15, -0.1) is 0 Å². The van der Waals surface area contributed by atoms with Gasteiger partial charge in [0.15, 0.2) is 0 Å². The zero-order chi connectivity index (χ0) is 22.0. The number of carbonyl (C=O) groups excluding carboxylic acids is 1. The first-order valence-electron chi connectivity index (χ1n) is 10.2. The molecule has 5 heteroatoms. The van der Waals surface area contributed by atoms with Crippen molar-refractivity contribution in [3.05, 3.63) is 77.2 Å². The van der Waals surface area contributed by atoms with Crippen LogP contribution in [-0.2, 0) is 16.1 Å². The maximum atomic E-state index is 13.0. The van der Waals surface area contributed by atoms with Crippen LogP contribution in [0.1, 0.15) is 48.1 Å². The van der Waals surface area contributed by atoms with E-state index >= 15 is 0 Å². The fourth-order valence-corrected chi connectivity index (χ4v) is 3.60. The molecule has 1 N–H and O–H groups in total. The number of nitrogens with zero attached hydrogens (tertiary/aromatic N) is 1. The van der Waals surface area contributed by atoms with Crippen molar-refractivity contribution in [1.82, 2.24) is 9.97 Å². The number of hydrogen-bond acceptors (Lipinski definition) is 4. The van der Waals surface area contributed by atoms with E-state index < -0.39 is 5.60 Å². The molecule has 5 nitrogen and oxygen atoms in total. The van der Waals surface area contributed by atoms with Crippen molar-refractivity contribution in [2.24, 2.45) is 0 Å². The molecule has 0 aliphatic rings. The molecule has 0 fully saturated rings. The van der Waals surface area contributed by atoms with Crippen LogP contribution in [0, 0.1) is 0 Å². The van der Waals surface area contributed by atoms with Gasteiger partial charge in [-0.05, 0) is 38.5 Å². The Balaban J connectivity index is 1.83. The molecule has 0 aliphatic carbocycles. The Kier molecular flexibility index (Phi) is 5.61. The standard InChI is InChI=1S/C26H26N2O3/c1-26(2,3)31-25(29)23-20-13-11-18-15-27-19(12-10-17-8-6-5-7-9-17)14-21(18)24(20)28-22(23)16-30-4/h5-15,28H,16H2,1-4H3/b12-10+. The Morgan fingerprint density at radius 2 is 1.84 bits per heavy atom. The first-order valence-corrected chi connectivity index (χ1v) is 10.2. The third-order valence-corrected chi connectivity index (χ3v) is 4.91. The lowest BCUT2D eigenvalue weighted by Crippen LogP contribution is -2.24. The van der Waals surface area contributed by atoms with E-state index in [1.54, 1.807) is 7.11 Å². The highest BCUT2D eigenvalue weighted by Gasteiger charge is 2.25. The van der Waals surface area contributed by atoms with E-state index in [1.807, 2.05) is 87.7 Å². The number of methoxy groups -OCH3 is 1. The van der Waals surface area contributed by atoms with E-state index in [2.05, 4.69) is 9.97 Å².